The van der Waals surface area contributed by atoms with Crippen molar-refractivity contribution < 1.29 is 18.4 Å². The van der Waals surface area contributed by atoms with Crippen LogP contribution < -0.4 is 10.2 Å². The van der Waals surface area contributed by atoms with Gasteiger partial charge in [-0.25, -0.2) is 13.9 Å². The lowest BCUT2D eigenvalue weighted by Crippen LogP contribution is -2.46. The number of carbonyl (C=O) groups is 1. The van der Waals surface area contributed by atoms with Crippen molar-refractivity contribution in [2.24, 2.45) is 0 Å². The third kappa shape index (κ3) is 4.33. The molecule has 0 heterocycles. The van der Waals surface area contributed by atoms with Crippen LogP contribution in [-0.2, 0) is 27.7 Å². The number of sulfonamides is 1. The van der Waals surface area contributed by atoms with Crippen LogP contribution in [0.1, 0.15) is 48.8 Å². The zero-order valence-electron chi connectivity index (χ0n) is 16.7. The van der Waals surface area contributed by atoms with E-state index in [0.29, 0.717) is 6.42 Å². The Morgan fingerprint density at radius 3 is 2.60 bits per heavy atom. The zero-order chi connectivity index (χ0) is 21.1. The van der Waals surface area contributed by atoms with Gasteiger partial charge in [0.15, 0.2) is 0 Å². The fraction of sp³-hybridized carbons (Fsp3) is 0.348. The van der Waals surface area contributed by atoms with Gasteiger partial charge in [-0.15, -0.1) is 0 Å². The summed E-state index contributed by atoms with van der Waals surface area (Å²) >= 11 is 0. The normalized spacial score (nSPS) is 16.7. The average Bonchev–Trinajstić information content (AvgIpc) is 3.14. The van der Waals surface area contributed by atoms with E-state index in [1.165, 1.54) is 24.0 Å². The number of fused-ring (bicyclic) bond motifs is 2. The van der Waals surface area contributed by atoms with Gasteiger partial charge in [-0.2, -0.15) is 4.72 Å². The first-order valence-corrected chi connectivity index (χ1v) is 11.8. The van der Waals surface area contributed by atoms with E-state index in [1.54, 1.807) is 17.6 Å². The molecular weight excluding hydrogens is 400 g/mol. The predicted molar refractivity (Wildman–Crippen MR) is 114 cm³/mol. The van der Waals surface area contributed by atoms with Gasteiger partial charge >= 0.3 is 0 Å². The summed E-state index contributed by atoms with van der Waals surface area (Å²) in [6.45, 7) is 0. The molecule has 2 aliphatic rings. The topological polar surface area (TPSA) is 95.5 Å². The number of amides is 1. The molecule has 2 aliphatic carbocycles. The summed E-state index contributed by atoms with van der Waals surface area (Å²) in [5.74, 6) is -0.771. The highest BCUT2D eigenvalue weighted by atomic mass is 32.2. The molecule has 1 atom stereocenters. The van der Waals surface area contributed by atoms with Crippen LogP contribution in [0.2, 0.25) is 0 Å². The van der Waals surface area contributed by atoms with Gasteiger partial charge in [0, 0.05) is 0 Å². The molecule has 0 spiro atoms. The van der Waals surface area contributed by atoms with Gasteiger partial charge in [-0.05, 0) is 79.3 Å². The van der Waals surface area contributed by atoms with Gasteiger partial charge in [0.05, 0.1) is 4.90 Å². The first-order chi connectivity index (χ1) is 14.5. The van der Waals surface area contributed by atoms with Crippen LogP contribution in [0.3, 0.4) is 0 Å². The van der Waals surface area contributed by atoms with Crippen LogP contribution in [0.15, 0.2) is 59.0 Å². The predicted octanol–water partition coefficient (Wildman–Crippen LogP) is 3.36. The first kappa shape index (κ1) is 20.8. The van der Waals surface area contributed by atoms with Crippen LogP contribution in [0.25, 0.3) is 5.57 Å². The summed E-state index contributed by atoms with van der Waals surface area (Å²) in [7, 11) is -3.91. The highest BCUT2D eigenvalue weighted by Gasteiger charge is 2.28. The number of hydrogen-bond acceptors (Lipinski definition) is 4. The number of hydrogen-bond donors (Lipinski definition) is 3. The third-order valence-corrected chi connectivity index (χ3v) is 7.46. The maximum Gasteiger partial charge on any atom is 0.261 e. The molecule has 0 unspecified atom stereocenters. The van der Waals surface area contributed by atoms with Crippen molar-refractivity contribution in [2.45, 2.75) is 55.9 Å². The minimum absolute atomic E-state index is 0.150. The van der Waals surface area contributed by atoms with Crippen LogP contribution >= 0.6 is 0 Å². The molecule has 158 valence electrons. The van der Waals surface area contributed by atoms with E-state index in [9.17, 15) is 13.2 Å². The van der Waals surface area contributed by atoms with Gasteiger partial charge in [0.2, 0.25) is 10.0 Å². The van der Waals surface area contributed by atoms with Crippen molar-refractivity contribution in [2.75, 3.05) is 0 Å². The second-order valence-corrected chi connectivity index (χ2v) is 9.67. The number of aryl methyl sites for hydroxylation is 1. The summed E-state index contributed by atoms with van der Waals surface area (Å²) in [4.78, 5) is 12.3. The summed E-state index contributed by atoms with van der Waals surface area (Å²) in [6.07, 6.45) is 6.06. The Balaban J connectivity index is 1.51. The summed E-state index contributed by atoms with van der Waals surface area (Å²) in [5, 5.41) is 9.08. The lowest BCUT2D eigenvalue weighted by molar-refractivity contribution is -0.131. The van der Waals surface area contributed by atoms with Crippen molar-refractivity contribution in [3.8, 4) is 0 Å². The van der Waals surface area contributed by atoms with E-state index in [-0.39, 0.29) is 11.3 Å². The molecule has 0 fully saturated rings. The van der Waals surface area contributed by atoms with E-state index in [1.807, 2.05) is 36.4 Å². The number of carbonyl (C=O) groups excluding carboxylic acids is 1. The SMILES string of the molecule is O=C(NO)[C@@H](CCc1ccccc1)NS(=O)(=O)c1ccc2c(c1)CC1=C2CCCC1. The Bertz CT molecular complexity index is 1080. The summed E-state index contributed by atoms with van der Waals surface area (Å²) in [6, 6.07) is 13.7. The molecule has 2 aromatic rings. The molecule has 6 nitrogen and oxygen atoms in total. The smallest absolute Gasteiger partial charge is 0.261 e. The molecule has 0 aliphatic heterocycles. The Labute approximate surface area is 177 Å². The van der Waals surface area contributed by atoms with E-state index < -0.39 is 22.0 Å². The van der Waals surface area contributed by atoms with E-state index in [4.69, 9.17) is 5.21 Å². The molecule has 1 amide bonds. The van der Waals surface area contributed by atoms with Crippen molar-refractivity contribution in [1.82, 2.24) is 10.2 Å². The zero-order valence-corrected chi connectivity index (χ0v) is 17.5. The van der Waals surface area contributed by atoms with Gasteiger partial charge < -0.3 is 0 Å². The Hall–Kier alpha value is -2.48. The minimum Gasteiger partial charge on any atom is -0.289 e. The summed E-state index contributed by atoms with van der Waals surface area (Å²) < 4.78 is 28.5. The van der Waals surface area contributed by atoms with Gasteiger partial charge in [-0.1, -0.05) is 42.0 Å². The average molecular weight is 427 g/mol. The second kappa shape index (κ2) is 8.71. The largest absolute Gasteiger partial charge is 0.289 e. The monoisotopic (exact) mass is 426 g/mol. The maximum atomic E-state index is 13.0. The van der Waals surface area contributed by atoms with Crippen molar-refractivity contribution in [3.05, 3.63) is 70.8 Å². The fourth-order valence-electron chi connectivity index (χ4n) is 4.43. The number of nitrogens with one attached hydrogen (secondary N) is 2. The molecule has 0 bridgehead atoms. The molecule has 30 heavy (non-hydrogen) atoms. The van der Waals surface area contributed by atoms with Gasteiger partial charge in [-0.3, -0.25) is 10.0 Å². The molecule has 0 saturated carbocycles. The highest BCUT2D eigenvalue weighted by Crippen LogP contribution is 2.42. The number of benzene rings is 2. The molecule has 3 N–H and O–H groups in total. The quantitative estimate of drug-likeness (QED) is 0.467. The molecular formula is C23H26N2O4S. The van der Waals surface area contributed by atoms with Crippen LogP contribution in [0.5, 0.6) is 0 Å². The third-order valence-electron chi connectivity index (χ3n) is 5.99. The Kier molecular flexibility index (Phi) is 6.04. The highest BCUT2D eigenvalue weighted by molar-refractivity contribution is 7.89. The van der Waals surface area contributed by atoms with Crippen LogP contribution in [0, 0.1) is 0 Å². The van der Waals surface area contributed by atoms with E-state index in [0.717, 1.165) is 36.0 Å². The Morgan fingerprint density at radius 1 is 1.07 bits per heavy atom. The molecule has 0 radical (unpaired) electrons. The molecule has 0 saturated heterocycles. The van der Waals surface area contributed by atoms with Crippen LogP contribution in [-0.4, -0.2) is 25.6 Å². The van der Waals surface area contributed by atoms with Crippen molar-refractivity contribution in [1.29, 1.82) is 0 Å². The molecule has 4 rings (SSSR count). The minimum atomic E-state index is -3.91. The van der Waals surface area contributed by atoms with Crippen molar-refractivity contribution >= 4 is 21.5 Å². The first-order valence-electron chi connectivity index (χ1n) is 10.3. The molecule has 0 aromatic heterocycles. The van der Waals surface area contributed by atoms with Gasteiger partial charge in [0.1, 0.15) is 6.04 Å². The second-order valence-electron chi connectivity index (χ2n) is 7.96. The van der Waals surface area contributed by atoms with Crippen LogP contribution in [0.4, 0.5) is 0 Å². The van der Waals surface area contributed by atoms with E-state index >= 15 is 0 Å². The lowest BCUT2D eigenvalue weighted by Gasteiger charge is -2.17. The van der Waals surface area contributed by atoms with Gasteiger partial charge in [0.25, 0.3) is 5.91 Å². The number of hydroxylamine groups is 1. The molecule has 2 aromatic carbocycles. The lowest BCUT2D eigenvalue weighted by atomic mass is 9.92. The van der Waals surface area contributed by atoms with E-state index in [2.05, 4.69) is 4.72 Å². The van der Waals surface area contributed by atoms with Crippen molar-refractivity contribution in [3.63, 3.8) is 0 Å². The Morgan fingerprint density at radius 2 is 1.83 bits per heavy atom. The standard InChI is InChI=1S/C23H26N2O4S/c26-23(24-27)22(13-10-16-6-2-1-3-7-16)25-30(28,29)19-11-12-21-18(15-19)14-17-8-4-5-9-20(17)21/h1-3,6-7,11-12,15,22,25,27H,4-5,8-10,13-14H2,(H,24,26)/t22-/m1/s1. The molecule has 7 heteroatoms. The number of rotatable bonds is 7. The number of allylic oxidation sites excluding steroid dienone is 2. The summed E-state index contributed by atoms with van der Waals surface area (Å²) in [5.41, 5.74) is 7.58. The maximum absolute atomic E-state index is 13.0. The fourth-order valence-corrected chi connectivity index (χ4v) is 5.71.